The second-order valence-corrected chi connectivity index (χ2v) is 10.9. The van der Waals surface area contributed by atoms with Crippen molar-refractivity contribution in [1.82, 2.24) is 25.4 Å². The van der Waals surface area contributed by atoms with Crippen LogP contribution in [0.1, 0.15) is 36.1 Å². The molecule has 38 heavy (non-hydrogen) atoms. The first-order valence-corrected chi connectivity index (χ1v) is 13.2. The molecule has 2 saturated heterocycles. The molecule has 3 N–H and O–H groups in total. The van der Waals surface area contributed by atoms with E-state index < -0.39 is 11.6 Å². The number of hydrogen-bond acceptors (Lipinski definition) is 6. The first-order valence-electron chi connectivity index (χ1n) is 13.2. The fraction of sp³-hybridized carbons (Fsp3) is 0.379. The van der Waals surface area contributed by atoms with Gasteiger partial charge in [0.05, 0.1) is 22.7 Å². The monoisotopic (exact) mass is 513 g/mol. The van der Waals surface area contributed by atoms with Gasteiger partial charge in [-0.25, -0.2) is 13.8 Å². The number of hydrogen-bond donors (Lipinski definition) is 3. The molecule has 192 valence electrons. The molecular weight excluding hydrogens is 488 g/mol. The summed E-state index contributed by atoms with van der Waals surface area (Å²) in [5.41, 5.74) is 1.41. The van der Waals surface area contributed by atoms with Crippen molar-refractivity contribution < 1.29 is 18.6 Å². The predicted molar refractivity (Wildman–Crippen MR) is 138 cm³/mol. The van der Waals surface area contributed by atoms with E-state index in [4.69, 9.17) is 21.2 Å². The molecule has 2 aromatic heterocycles. The van der Waals surface area contributed by atoms with Gasteiger partial charge >= 0.3 is 0 Å². The quantitative estimate of drug-likeness (QED) is 0.352. The number of rotatable bonds is 5. The first-order chi connectivity index (χ1) is 18.5. The lowest BCUT2D eigenvalue weighted by atomic mass is 9.95. The minimum Gasteiger partial charge on any atom is -0.508 e. The van der Waals surface area contributed by atoms with Crippen molar-refractivity contribution in [3.63, 3.8) is 0 Å². The molecule has 4 aliphatic rings. The number of halogens is 2. The number of terminal acetylenes is 1. The highest BCUT2D eigenvalue weighted by Crippen LogP contribution is 2.58. The highest BCUT2D eigenvalue weighted by molar-refractivity contribution is 6.03. The molecule has 8 rings (SSSR count). The zero-order valence-electron chi connectivity index (χ0n) is 20.5. The van der Waals surface area contributed by atoms with Crippen molar-refractivity contribution in [3.8, 4) is 35.2 Å². The van der Waals surface area contributed by atoms with Gasteiger partial charge in [0.15, 0.2) is 5.82 Å². The maximum atomic E-state index is 16.8. The molecule has 0 radical (unpaired) electrons. The lowest BCUT2D eigenvalue weighted by molar-refractivity contribution is 0.138. The number of aromatic hydroxyl groups is 1. The number of piperidine rings is 1. The number of fused-ring (bicyclic) bond motifs is 3. The van der Waals surface area contributed by atoms with E-state index >= 15 is 4.39 Å². The van der Waals surface area contributed by atoms with E-state index in [9.17, 15) is 9.50 Å². The van der Waals surface area contributed by atoms with Gasteiger partial charge in [0, 0.05) is 30.0 Å². The molecular formula is C29H25F2N5O2. The molecule has 4 heterocycles. The standard InChI is InChI=1S/C29H25F2N5O2/c1-2-17-21(30)6-3-13-7-15(37)8-18(22(13)17)26-25(31)28-24(29(34-26)38-16-9-32-10-16)27(35-36(28)14-4-5-14)23-19-11-33-12-20(19)23/h1,3,6-8,14,16,19-20,23,32-33,37H,4-5,9-12H2. The number of aromatic nitrogens is 3. The van der Waals surface area contributed by atoms with Crippen molar-refractivity contribution in [1.29, 1.82) is 0 Å². The summed E-state index contributed by atoms with van der Waals surface area (Å²) < 4.78 is 39.7. The van der Waals surface area contributed by atoms with E-state index in [0.717, 1.165) is 31.6 Å². The summed E-state index contributed by atoms with van der Waals surface area (Å²) in [6.07, 6.45) is 7.45. The average molecular weight is 514 g/mol. The van der Waals surface area contributed by atoms with Crippen molar-refractivity contribution >= 4 is 21.7 Å². The van der Waals surface area contributed by atoms with Crippen molar-refractivity contribution in [2.45, 2.75) is 30.9 Å². The fourth-order valence-electron chi connectivity index (χ4n) is 6.35. The Bertz CT molecular complexity index is 1690. The van der Waals surface area contributed by atoms with E-state index in [0.29, 0.717) is 52.5 Å². The van der Waals surface area contributed by atoms with Crippen molar-refractivity contribution in [2.75, 3.05) is 26.2 Å². The zero-order chi connectivity index (χ0) is 25.7. The Morgan fingerprint density at radius 2 is 1.82 bits per heavy atom. The first kappa shape index (κ1) is 22.3. The summed E-state index contributed by atoms with van der Waals surface area (Å²) in [7, 11) is 0. The lowest BCUT2D eigenvalue weighted by Crippen LogP contribution is -2.50. The molecule has 4 fully saturated rings. The Morgan fingerprint density at radius 3 is 2.50 bits per heavy atom. The van der Waals surface area contributed by atoms with Crippen LogP contribution in [-0.4, -0.2) is 52.2 Å². The summed E-state index contributed by atoms with van der Waals surface area (Å²) in [5, 5.41) is 23.6. The third kappa shape index (κ3) is 3.14. The molecule has 2 saturated carbocycles. The van der Waals surface area contributed by atoms with Crippen LogP contribution < -0.4 is 15.4 Å². The maximum Gasteiger partial charge on any atom is 0.226 e. The molecule has 2 aromatic carbocycles. The fourth-order valence-corrected chi connectivity index (χ4v) is 6.35. The van der Waals surface area contributed by atoms with E-state index in [1.807, 2.05) is 4.68 Å². The molecule has 2 unspecified atom stereocenters. The van der Waals surface area contributed by atoms with Gasteiger partial charge in [-0.15, -0.1) is 6.42 Å². The Balaban J connectivity index is 1.43. The number of phenolic OH excluding ortho intramolecular Hbond substituents is 1. The summed E-state index contributed by atoms with van der Waals surface area (Å²) >= 11 is 0. The van der Waals surface area contributed by atoms with E-state index in [1.165, 1.54) is 24.3 Å². The van der Waals surface area contributed by atoms with Crippen LogP contribution in [0.25, 0.3) is 32.9 Å². The largest absolute Gasteiger partial charge is 0.508 e. The second kappa shape index (κ2) is 7.88. The SMILES string of the molecule is C#Cc1c(F)ccc2cc(O)cc(-c3nc(OC4CNC4)c4c(C5C6CNCC65)nn(C5CC5)c4c3F)c12. The van der Waals surface area contributed by atoms with Gasteiger partial charge in [-0.2, -0.15) is 5.10 Å². The smallest absolute Gasteiger partial charge is 0.226 e. The number of nitrogens with zero attached hydrogens (tertiary/aromatic N) is 3. The minimum atomic E-state index is -0.593. The van der Waals surface area contributed by atoms with Gasteiger partial charge in [0.25, 0.3) is 0 Å². The molecule has 2 aliphatic heterocycles. The Morgan fingerprint density at radius 1 is 1.05 bits per heavy atom. The maximum absolute atomic E-state index is 16.8. The van der Waals surface area contributed by atoms with Crippen LogP contribution in [0.5, 0.6) is 11.6 Å². The molecule has 9 heteroatoms. The number of benzene rings is 2. The van der Waals surface area contributed by atoms with Crippen LogP contribution in [0.4, 0.5) is 8.78 Å². The van der Waals surface area contributed by atoms with Gasteiger partial charge in [-0.05, 0) is 61.4 Å². The van der Waals surface area contributed by atoms with E-state index in [1.54, 1.807) is 0 Å². The van der Waals surface area contributed by atoms with Crippen LogP contribution in [0.15, 0.2) is 24.3 Å². The summed E-state index contributed by atoms with van der Waals surface area (Å²) in [6.45, 7) is 3.20. The van der Waals surface area contributed by atoms with Crippen molar-refractivity contribution in [2.24, 2.45) is 11.8 Å². The van der Waals surface area contributed by atoms with Gasteiger partial charge in [-0.3, -0.25) is 4.68 Å². The minimum absolute atomic E-state index is 0.000784. The highest BCUT2D eigenvalue weighted by Gasteiger charge is 2.56. The molecule has 0 bridgehead atoms. The van der Waals surface area contributed by atoms with Gasteiger partial charge < -0.3 is 20.5 Å². The number of phenols is 1. The molecule has 4 aromatic rings. The molecule has 0 amide bonds. The summed E-state index contributed by atoms with van der Waals surface area (Å²) in [4.78, 5) is 4.75. The molecule has 2 aliphatic carbocycles. The van der Waals surface area contributed by atoms with Crippen LogP contribution in [0.2, 0.25) is 0 Å². The molecule has 0 spiro atoms. The topological polar surface area (TPSA) is 84.2 Å². The molecule has 2 atom stereocenters. The van der Waals surface area contributed by atoms with Crippen LogP contribution in [0.3, 0.4) is 0 Å². The van der Waals surface area contributed by atoms with Gasteiger partial charge in [0.1, 0.15) is 28.9 Å². The normalized spacial score (nSPS) is 24.4. The zero-order valence-corrected chi connectivity index (χ0v) is 20.5. The second-order valence-electron chi connectivity index (χ2n) is 10.9. The Labute approximate surface area is 217 Å². The Kier molecular flexibility index (Phi) is 4.62. The van der Waals surface area contributed by atoms with E-state index in [-0.39, 0.29) is 40.6 Å². The Hall–Kier alpha value is -3.74. The predicted octanol–water partition coefficient (Wildman–Crippen LogP) is 3.83. The van der Waals surface area contributed by atoms with Crippen LogP contribution in [0, 0.1) is 35.8 Å². The third-order valence-corrected chi connectivity index (χ3v) is 8.55. The average Bonchev–Trinajstić information content (AvgIpc) is 3.76. The lowest BCUT2D eigenvalue weighted by Gasteiger charge is -2.28. The van der Waals surface area contributed by atoms with Crippen molar-refractivity contribution in [3.05, 3.63) is 47.2 Å². The van der Waals surface area contributed by atoms with E-state index in [2.05, 4.69) is 16.6 Å². The number of nitrogens with one attached hydrogen (secondary N) is 2. The van der Waals surface area contributed by atoms with Gasteiger partial charge in [-0.1, -0.05) is 12.0 Å². The summed E-state index contributed by atoms with van der Waals surface area (Å²) in [5.74, 6) is 2.71. The number of pyridine rings is 1. The summed E-state index contributed by atoms with van der Waals surface area (Å²) in [6, 6.07) is 5.77. The van der Waals surface area contributed by atoms with Gasteiger partial charge in [0.2, 0.25) is 5.88 Å². The van der Waals surface area contributed by atoms with Crippen LogP contribution >= 0.6 is 0 Å². The van der Waals surface area contributed by atoms with Crippen LogP contribution in [-0.2, 0) is 0 Å². The number of ether oxygens (including phenoxy) is 1. The highest BCUT2D eigenvalue weighted by atomic mass is 19.1. The third-order valence-electron chi connectivity index (χ3n) is 8.55. The molecule has 7 nitrogen and oxygen atoms in total.